The first kappa shape index (κ1) is 15.9. The van der Waals surface area contributed by atoms with Gasteiger partial charge in [-0.05, 0) is 40.0 Å². The number of nitrogens with one attached hydrogen (secondary N) is 2. The molecule has 0 radical (unpaired) electrons. The third kappa shape index (κ3) is 4.51. The predicted octanol–water partition coefficient (Wildman–Crippen LogP) is 2.24. The van der Waals surface area contributed by atoms with Crippen LogP contribution in [-0.2, 0) is 4.74 Å². The van der Waals surface area contributed by atoms with Crippen molar-refractivity contribution in [2.75, 3.05) is 13.1 Å². The van der Waals surface area contributed by atoms with E-state index in [0.717, 1.165) is 45.2 Å². The second kappa shape index (κ2) is 6.54. The zero-order valence-electron chi connectivity index (χ0n) is 13.3. The van der Waals surface area contributed by atoms with Gasteiger partial charge in [-0.1, -0.05) is 12.8 Å². The van der Waals surface area contributed by atoms with Gasteiger partial charge in [-0.15, -0.1) is 0 Å². The largest absolute Gasteiger partial charge is 0.444 e. The van der Waals surface area contributed by atoms with E-state index in [9.17, 15) is 9.59 Å². The van der Waals surface area contributed by atoms with Crippen molar-refractivity contribution < 1.29 is 14.3 Å². The van der Waals surface area contributed by atoms with Gasteiger partial charge in [0.25, 0.3) is 0 Å². The smallest absolute Gasteiger partial charge is 0.407 e. The number of alkyl carbamates (subject to hydrolysis) is 1. The molecule has 0 aromatic carbocycles. The molecule has 0 spiro atoms. The van der Waals surface area contributed by atoms with E-state index in [1.54, 1.807) is 0 Å². The van der Waals surface area contributed by atoms with Crippen LogP contribution in [0.3, 0.4) is 0 Å². The van der Waals surface area contributed by atoms with Crippen molar-refractivity contribution in [3.63, 3.8) is 0 Å². The molecule has 3 amide bonds. The second-order valence-corrected chi connectivity index (χ2v) is 6.88. The van der Waals surface area contributed by atoms with E-state index >= 15 is 0 Å². The van der Waals surface area contributed by atoms with E-state index in [-0.39, 0.29) is 18.1 Å². The van der Waals surface area contributed by atoms with E-state index in [4.69, 9.17) is 4.74 Å². The highest BCUT2D eigenvalue weighted by Crippen LogP contribution is 2.25. The highest BCUT2D eigenvalue weighted by atomic mass is 16.6. The fourth-order valence-electron chi connectivity index (χ4n) is 3.08. The van der Waals surface area contributed by atoms with Gasteiger partial charge < -0.3 is 20.3 Å². The molecule has 1 heterocycles. The lowest BCUT2D eigenvalue weighted by atomic mass is 9.89. The van der Waals surface area contributed by atoms with Gasteiger partial charge in [-0.2, -0.15) is 0 Å². The number of rotatable bonds is 2. The van der Waals surface area contributed by atoms with E-state index in [1.807, 2.05) is 25.7 Å². The molecule has 2 rings (SSSR count). The van der Waals surface area contributed by atoms with Crippen LogP contribution in [0.5, 0.6) is 0 Å². The predicted molar refractivity (Wildman–Crippen MR) is 80.1 cm³/mol. The maximum Gasteiger partial charge on any atom is 0.407 e. The van der Waals surface area contributed by atoms with Crippen molar-refractivity contribution in [3.8, 4) is 0 Å². The molecule has 1 saturated carbocycles. The summed E-state index contributed by atoms with van der Waals surface area (Å²) in [5.41, 5.74) is -0.503. The highest BCUT2D eigenvalue weighted by Gasteiger charge is 2.35. The number of nitrogens with zero attached hydrogens (tertiary/aromatic N) is 1. The lowest BCUT2D eigenvalue weighted by Gasteiger charge is -2.42. The van der Waals surface area contributed by atoms with Gasteiger partial charge in [-0.3, -0.25) is 0 Å². The van der Waals surface area contributed by atoms with Crippen LogP contribution in [-0.4, -0.2) is 47.8 Å². The van der Waals surface area contributed by atoms with Crippen LogP contribution in [0.15, 0.2) is 0 Å². The van der Waals surface area contributed by atoms with Gasteiger partial charge in [0.1, 0.15) is 5.60 Å². The Labute approximate surface area is 126 Å². The van der Waals surface area contributed by atoms with Crippen LogP contribution in [0.1, 0.15) is 52.9 Å². The standard InChI is InChI=1S/C15H27N3O3/c1-15(2,3)21-14(20)17-11-7-4-5-8-12(11)18-10-6-9-16-13(18)19/h11-12H,4-10H2,1-3H3,(H,16,19)(H,17,20)/t11-,12-/m1/s1. The van der Waals surface area contributed by atoms with Gasteiger partial charge in [0.05, 0.1) is 12.1 Å². The summed E-state index contributed by atoms with van der Waals surface area (Å²) >= 11 is 0. The van der Waals surface area contributed by atoms with E-state index in [0.29, 0.717) is 0 Å². The number of amides is 3. The Balaban J connectivity index is 1.98. The summed E-state index contributed by atoms with van der Waals surface area (Å²) in [6, 6.07) is 0.0492. The third-order valence-corrected chi connectivity index (χ3v) is 3.94. The number of ether oxygens (including phenoxy) is 1. The van der Waals surface area contributed by atoms with Gasteiger partial charge in [0, 0.05) is 13.1 Å². The number of hydrogen-bond donors (Lipinski definition) is 2. The maximum absolute atomic E-state index is 12.0. The summed E-state index contributed by atoms with van der Waals surface area (Å²) < 4.78 is 5.33. The summed E-state index contributed by atoms with van der Waals surface area (Å²) in [6.45, 7) is 7.06. The fourth-order valence-corrected chi connectivity index (χ4v) is 3.08. The summed E-state index contributed by atoms with van der Waals surface area (Å²) in [5.74, 6) is 0. The molecule has 2 fully saturated rings. The average Bonchev–Trinajstić information content (AvgIpc) is 2.38. The molecular weight excluding hydrogens is 270 g/mol. The van der Waals surface area contributed by atoms with Gasteiger partial charge in [0.2, 0.25) is 0 Å². The Morgan fingerprint density at radius 1 is 1.29 bits per heavy atom. The Morgan fingerprint density at radius 2 is 2.00 bits per heavy atom. The first-order chi connectivity index (χ1) is 9.87. The lowest BCUT2D eigenvalue weighted by Crippen LogP contribution is -2.59. The minimum Gasteiger partial charge on any atom is -0.444 e. The van der Waals surface area contributed by atoms with Crippen LogP contribution < -0.4 is 10.6 Å². The summed E-state index contributed by atoms with van der Waals surface area (Å²) in [4.78, 5) is 25.9. The molecular formula is C15H27N3O3. The average molecular weight is 297 g/mol. The zero-order chi connectivity index (χ0) is 15.5. The van der Waals surface area contributed by atoms with Crippen LogP contribution >= 0.6 is 0 Å². The van der Waals surface area contributed by atoms with Gasteiger partial charge in [0.15, 0.2) is 0 Å². The number of hydrogen-bond acceptors (Lipinski definition) is 3. The second-order valence-electron chi connectivity index (χ2n) is 6.88. The molecule has 0 aromatic rings. The van der Waals surface area contributed by atoms with Gasteiger partial charge in [-0.25, -0.2) is 9.59 Å². The molecule has 1 aliphatic carbocycles. The minimum atomic E-state index is -0.503. The topological polar surface area (TPSA) is 70.7 Å². The molecule has 2 N–H and O–H groups in total. The molecule has 21 heavy (non-hydrogen) atoms. The summed E-state index contributed by atoms with van der Waals surface area (Å²) in [5, 5.41) is 5.85. The number of urea groups is 1. The lowest BCUT2D eigenvalue weighted by molar-refractivity contribution is 0.0437. The number of carbonyl (C=O) groups excluding carboxylic acids is 2. The van der Waals surface area contributed by atoms with Gasteiger partial charge >= 0.3 is 12.1 Å². The summed E-state index contributed by atoms with van der Waals surface area (Å²) in [6.07, 6.45) is 4.58. The van der Waals surface area contributed by atoms with Crippen LogP contribution in [0, 0.1) is 0 Å². The Bertz CT molecular complexity index is 392. The van der Waals surface area contributed by atoms with Crippen molar-refractivity contribution in [3.05, 3.63) is 0 Å². The Morgan fingerprint density at radius 3 is 2.67 bits per heavy atom. The minimum absolute atomic E-state index is 0.0101. The monoisotopic (exact) mass is 297 g/mol. The van der Waals surface area contributed by atoms with Crippen molar-refractivity contribution in [2.24, 2.45) is 0 Å². The fraction of sp³-hybridized carbons (Fsp3) is 0.867. The third-order valence-electron chi connectivity index (χ3n) is 3.94. The first-order valence-corrected chi connectivity index (χ1v) is 7.91. The molecule has 1 aliphatic heterocycles. The van der Waals surface area contributed by atoms with Crippen molar-refractivity contribution in [1.29, 1.82) is 0 Å². The zero-order valence-corrected chi connectivity index (χ0v) is 13.3. The Kier molecular flexibility index (Phi) is 4.96. The molecule has 6 heteroatoms. The molecule has 2 atom stereocenters. The SMILES string of the molecule is CC(C)(C)OC(=O)N[C@@H]1CCCC[C@H]1N1CCCNC1=O. The van der Waals surface area contributed by atoms with Crippen LogP contribution in [0.25, 0.3) is 0 Å². The normalized spacial score (nSPS) is 27.0. The summed E-state index contributed by atoms with van der Waals surface area (Å²) in [7, 11) is 0. The molecule has 2 aliphatic rings. The molecule has 1 saturated heterocycles. The molecule has 6 nitrogen and oxygen atoms in total. The Hall–Kier alpha value is -1.46. The molecule has 0 unspecified atom stereocenters. The van der Waals surface area contributed by atoms with Crippen molar-refractivity contribution in [2.45, 2.75) is 70.6 Å². The molecule has 0 aromatic heterocycles. The maximum atomic E-state index is 12.0. The van der Waals surface area contributed by atoms with Crippen LogP contribution in [0.4, 0.5) is 9.59 Å². The van der Waals surface area contributed by atoms with E-state index in [1.165, 1.54) is 0 Å². The van der Waals surface area contributed by atoms with E-state index in [2.05, 4.69) is 10.6 Å². The van der Waals surface area contributed by atoms with E-state index < -0.39 is 11.7 Å². The quantitative estimate of drug-likeness (QED) is 0.821. The number of carbonyl (C=O) groups is 2. The molecule has 0 bridgehead atoms. The molecule has 120 valence electrons. The highest BCUT2D eigenvalue weighted by molar-refractivity contribution is 5.75. The van der Waals surface area contributed by atoms with Crippen LogP contribution in [0.2, 0.25) is 0 Å². The van der Waals surface area contributed by atoms with Crippen molar-refractivity contribution in [1.82, 2.24) is 15.5 Å². The first-order valence-electron chi connectivity index (χ1n) is 7.91. The van der Waals surface area contributed by atoms with Crippen molar-refractivity contribution >= 4 is 12.1 Å².